The Morgan fingerprint density at radius 1 is 1.00 bits per heavy atom. The van der Waals surface area contributed by atoms with Crippen LogP contribution in [0.3, 0.4) is 0 Å². The van der Waals surface area contributed by atoms with Gasteiger partial charge < -0.3 is 10.2 Å². The Hall–Kier alpha value is -0.0800. The summed E-state index contributed by atoms with van der Waals surface area (Å²) < 4.78 is 0. The first-order valence-electron chi connectivity index (χ1n) is 8.36. The van der Waals surface area contributed by atoms with Gasteiger partial charge in [0.15, 0.2) is 0 Å². The third-order valence-corrected chi connectivity index (χ3v) is 4.94. The molecule has 2 fully saturated rings. The van der Waals surface area contributed by atoms with Gasteiger partial charge in [-0.1, -0.05) is 32.6 Å². The lowest BCUT2D eigenvalue weighted by molar-refractivity contribution is 0.216. The molecule has 1 heterocycles. The summed E-state index contributed by atoms with van der Waals surface area (Å²) in [6, 6.07) is 0.824. The van der Waals surface area contributed by atoms with E-state index in [1.54, 1.807) is 0 Å². The van der Waals surface area contributed by atoms with Gasteiger partial charge >= 0.3 is 0 Å². The Kier molecular flexibility index (Phi) is 6.50. The fourth-order valence-electron chi connectivity index (χ4n) is 3.74. The van der Waals surface area contributed by atoms with E-state index in [-0.39, 0.29) is 0 Å². The van der Waals surface area contributed by atoms with Gasteiger partial charge in [-0.15, -0.1) is 0 Å². The SMILES string of the molecule is CCC1CCCCC1NCCCN1CCCCC1. The van der Waals surface area contributed by atoms with Crippen molar-refractivity contribution in [1.82, 2.24) is 10.2 Å². The van der Waals surface area contributed by atoms with E-state index in [9.17, 15) is 0 Å². The lowest BCUT2D eigenvalue weighted by Crippen LogP contribution is -2.40. The molecule has 0 aromatic carbocycles. The largest absolute Gasteiger partial charge is 0.314 e. The van der Waals surface area contributed by atoms with Gasteiger partial charge in [0.1, 0.15) is 0 Å². The first-order chi connectivity index (χ1) is 8.90. The predicted octanol–water partition coefficient (Wildman–Crippen LogP) is 3.42. The molecular formula is C16H32N2. The number of nitrogens with zero attached hydrogens (tertiary/aromatic N) is 1. The van der Waals surface area contributed by atoms with Gasteiger partial charge in [0, 0.05) is 6.04 Å². The molecule has 2 nitrogen and oxygen atoms in total. The van der Waals surface area contributed by atoms with E-state index in [2.05, 4.69) is 17.1 Å². The van der Waals surface area contributed by atoms with Crippen LogP contribution < -0.4 is 5.32 Å². The monoisotopic (exact) mass is 252 g/mol. The van der Waals surface area contributed by atoms with Crippen molar-refractivity contribution in [3.8, 4) is 0 Å². The average Bonchev–Trinajstić information content (AvgIpc) is 2.45. The van der Waals surface area contributed by atoms with Gasteiger partial charge in [0.2, 0.25) is 0 Å². The molecule has 0 bridgehead atoms. The molecule has 2 aliphatic rings. The number of likely N-dealkylation sites (tertiary alicyclic amines) is 1. The summed E-state index contributed by atoms with van der Waals surface area (Å²) >= 11 is 0. The van der Waals surface area contributed by atoms with Crippen molar-refractivity contribution in [2.45, 2.75) is 70.8 Å². The van der Waals surface area contributed by atoms with Crippen molar-refractivity contribution in [2.24, 2.45) is 5.92 Å². The molecule has 0 aromatic heterocycles. The molecule has 0 radical (unpaired) electrons. The Labute approximate surface area is 114 Å². The highest BCUT2D eigenvalue weighted by molar-refractivity contribution is 4.80. The summed E-state index contributed by atoms with van der Waals surface area (Å²) in [5.74, 6) is 0.953. The van der Waals surface area contributed by atoms with Gasteiger partial charge in [-0.2, -0.15) is 0 Å². The molecule has 1 aliphatic carbocycles. The minimum Gasteiger partial charge on any atom is -0.314 e. The molecule has 2 unspecified atom stereocenters. The molecule has 1 N–H and O–H groups in total. The molecule has 0 amide bonds. The fourth-order valence-corrected chi connectivity index (χ4v) is 3.74. The van der Waals surface area contributed by atoms with Crippen molar-refractivity contribution in [1.29, 1.82) is 0 Å². The summed E-state index contributed by atoms with van der Waals surface area (Å²) in [6.07, 6.45) is 12.8. The Morgan fingerprint density at radius 2 is 1.78 bits per heavy atom. The number of hydrogen-bond acceptors (Lipinski definition) is 2. The van der Waals surface area contributed by atoms with Crippen LogP contribution in [0.2, 0.25) is 0 Å². The van der Waals surface area contributed by atoms with Crippen LogP contribution in [0.25, 0.3) is 0 Å². The van der Waals surface area contributed by atoms with Crippen molar-refractivity contribution in [3.05, 3.63) is 0 Å². The van der Waals surface area contributed by atoms with Crippen LogP contribution in [-0.2, 0) is 0 Å². The minimum atomic E-state index is 0.824. The van der Waals surface area contributed by atoms with E-state index in [4.69, 9.17) is 0 Å². The van der Waals surface area contributed by atoms with Crippen molar-refractivity contribution < 1.29 is 0 Å². The molecule has 2 rings (SSSR count). The molecular weight excluding hydrogens is 220 g/mol. The number of piperidine rings is 1. The van der Waals surface area contributed by atoms with Crippen LogP contribution in [0.4, 0.5) is 0 Å². The topological polar surface area (TPSA) is 15.3 Å². The van der Waals surface area contributed by atoms with Crippen LogP contribution in [0, 0.1) is 5.92 Å². The second-order valence-electron chi connectivity index (χ2n) is 6.27. The highest BCUT2D eigenvalue weighted by Crippen LogP contribution is 2.26. The number of hydrogen-bond donors (Lipinski definition) is 1. The smallest absolute Gasteiger partial charge is 0.00952 e. The third-order valence-electron chi connectivity index (χ3n) is 4.94. The zero-order valence-corrected chi connectivity index (χ0v) is 12.3. The average molecular weight is 252 g/mol. The highest BCUT2D eigenvalue weighted by Gasteiger charge is 2.22. The van der Waals surface area contributed by atoms with Crippen molar-refractivity contribution >= 4 is 0 Å². The Balaban J connectivity index is 1.56. The van der Waals surface area contributed by atoms with Gasteiger partial charge in [-0.3, -0.25) is 0 Å². The second-order valence-corrected chi connectivity index (χ2v) is 6.27. The molecule has 1 saturated heterocycles. The summed E-state index contributed by atoms with van der Waals surface area (Å²) in [7, 11) is 0. The summed E-state index contributed by atoms with van der Waals surface area (Å²) in [6.45, 7) is 7.61. The molecule has 1 aliphatic heterocycles. The van der Waals surface area contributed by atoms with E-state index < -0.39 is 0 Å². The molecule has 2 heteroatoms. The summed E-state index contributed by atoms with van der Waals surface area (Å²) in [5, 5.41) is 3.84. The van der Waals surface area contributed by atoms with Gasteiger partial charge in [0.25, 0.3) is 0 Å². The lowest BCUT2D eigenvalue weighted by atomic mass is 9.83. The highest BCUT2D eigenvalue weighted by atomic mass is 15.1. The predicted molar refractivity (Wildman–Crippen MR) is 78.9 cm³/mol. The molecule has 106 valence electrons. The lowest BCUT2D eigenvalue weighted by Gasteiger charge is -2.32. The molecule has 0 aromatic rings. The van der Waals surface area contributed by atoms with Gasteiger partial charge in [-0.25, -0.2) is 0 Å². The van der Waals surface area contributed by atoms with E-state index in [0.717, 1.165) is 12.0 Å². The van der Waals surface area contributed by atoms with Gasteiger partial charge in [-0.05, 0) is 64.2 Å². The van der Waals surface area contributed by atoms with E-state index in [1.165, 1.54) is 84.0 Å². The molecule has 0 spiro atoms. The van der Waals surface area contributed by atoms with Crippen LogP contribution in [0.1, 0.15) is 64.7 Å². The van der Waals surface area contributed by atoms with Gasteiger partial charge in [0.05, 0.1) is 0 Å². The Morgan fingerprint density at radius 3 is 2.56 bits per heavy atom. The maximum absolute atomic E-state index is 3.84. The minimum absolute atomic E-state index is 0.824. The zero-order chi connectivity index (χ0) is 12.6. The number of nitrogens with one attached hydrogen (secondary N) is 1. The van der Waals surface area contributed by atoms with Crippen LogP contribution >= 0.6 is 0 Å². The van der Waals surface area contributed by atoms with Crippen LogP contribution in [-0.4, -0.2) is 37.1 Å². The van der Waals surface area contributed by atoms with Crippen molar-refractivity contribution in [2.75, 3.05) is 26.2 Å². The summed E-state index contributed by atoms with van der Waals surface area (Å²) in [4.78, 5) is 2.66. The molecule has 1 saturated carbocycles. The standard InChI is InChI=1S/C16H32N2/c1-2-15-9-4-5-10-16(15)17-11-8-14-18-12-6-3-7-13-18/h15-17H,2-14H2,1H3. The quantitative estimate of drug-likeness (QED) is 0.729. The van der Waals surface area contributed by atoms with E-state index in [0.29, 0.717) is 0 Å². The van der Waals surface area contributed by atoms with Crippen molar-refractivity contribution in [3.63, 3.8) is 0 Å². The maximum atomic E-state index is 3.84. The zero-order valence-electron chi connectivity index (χ0n) is 12.3. The first kappa shape index (κ1) is 14.3. The normalized spacial score (nSPS) is 30.5. The van der Waals surface area contributed by atoms with Crippen LogP contribution in [0.15, 0.2) is 0 Å². The second kappa shape index (κ2) is 8.16. The molecule has 2 atom stereocenters. The Bertz CT molecular complexity index is 211. The molecule has 18 heavy (non-hydrogen) atoms. The fraction of sp³-hybridized carbons (Fsp3) is 1.00. The summed E-state index contributed by atoms with van der Waals surface area (Å²) in [5.41, 5.74) is 0. The number of rotatable bonds is 6. The van der Waals surface area contributed by atoms with E-state index >= 15 is 0 Å². The van der Waals surface area contributed by atoms with Crippen LogP contribution in [0.5, 0.6) is 0 Å². The maximum Gasteiger partial charge on any atom is 0.00952 e. The van der Waals surface area contributed by atoms with E-state index in [1.807, 2.05) is 0 Å². The first-order valence-corrected chi connectivity index (χ1v) is 8.36. The third kappa shape index (κ3) is 4.55.